The molecule has 5 nitrogen and oxygen atoms in total. The lowest BCUT2D eigenvalue weighted by Gasteiger charge is -2.24. The standard InChI is InChI=1S/C24H31NO4/c1-6-7-16-28-23(27)18-12-14-19(15-13-18)25-22(26)17(2)29-21-11-9-8-10-20(21)24(3,4)5/h8-15,17H,6-7,16H2,1-5H3,(H,25,26). The van der Waals surface area contributed by atoms with Gasteiger partial charge in [0.1, 0.15) is 5.75 Å². The van der Waals surface area contributed by atoms with Gasteiger partial charge in [-0.2, -0.15) is 0 Å². The maximum atomic E-state index is 12.5. The van der Waals surface area contributed by atoms with Gasteiger partial charge in [-0.15, -0.1) is 0 Å². The molecule has 2 rings (SSSR count). The largest absolute Gasteiger partial charge is 0.481 e. The Morgan fingerprint density at radius 1 is 1.03 bits per heavy atom. The third kappa shape index (κ3) is 6.63. The molecule has 0 fully saturated rings. The molecule has 2 aromatic rings. The van der Waals surface area contributed by atoms with Gasteiger partial charge in [-0.1, -0.05) is 52.3 Å². The van der Waals surface area contributed by atoms with Crippen molar-refractivity contribution in [2.24, 2.45) is 0 Å². The Bertz CT molecular complexity index is 822. The summed E-state index contributed by atoms with van der Waals surface area (Å²) >= 11 is 0. The van der Waals surface area contributed by atoms with Crippen LogP contribution >= 0.6 is 0 Å². The summed E-state index contributed by atoms with van der Waals surface area (Å²) in [4.78, 5) is 24.5. The van der Waals surface area contributed by atoms with Crippen LogP contribution in [0.3, 0.4) is 0 Å². The molecule has 0 aromatic heterocycles. The fourth-order valence-electron chi connectivity index (χ4n) is 2.76. The van der Waals surface area contributed by atoms with Crippen LogP contribution in [0, 0.1) is 0 Å². The molecule has 156 valence electrons. The number of unbranched alkanes of at least 4 members (excludes halogenated alkanes) is 1. The van der Waals surface area contributed by atoms with Gasteiger partial charge in [-0.3, -0.25) is 4.79 Å². The predicted octanol–water partition coefficient (Wildman–Crippen LogP) is 5.35. The van der Waals surface area contributed by atoms with Crippen LogP contribution in [0.15, 0.2) is 48.5 Å². The van der Waals surface area contributed by atoms with E-state index in [1.54, 1.807) is 31.2 Å². The first kappa shape index (κ1) is 22.5. The second kappa shape index (κ2) is 10.1. The van der Waals surface area contributed by atoms with E-state index in [-0.39, 0.29) is 17.3 Å². The molecule has 1 atom stereocenters. The molecule has 0 radical (unpaired) electrons. The number of amides is 1. The van der Waals surface area contributed by atoms with Crippen LogP contribution in [0.1, 0.15) is 63.4 Å². The highest BCUT2D eigenvalue weighted by molar-refractivity contribution is 5.95. The van der Waals surface area contributed by atoms with E-state index in [1.165, 1.54) is 0 Å². The Morgan fingerprint density at radius 3 is 2.31 bits per heavy atom. The Hall–Kier alpha value is -2.82. The van der Waals surface area contributed by atoms with Gasteiger partial charge in [0.15, 0.2) is 6.10 Å². The molecule has 0 saturated carbocycles. The maximum Gasteiger partial charge on any atom is 0.338 e. The number of benzene rings is 2. The highest BCUT2D eigenvalue weighted by Crippen LogP contribution is 2.31. The molecule has 0 spiro atoms. The molecule has 1 amide bonds. The zero-order chi connectivity index (χ0) is 21.4. The molecule has 5 heteroatoms. The fraction of sp³-hybridized carbons (Fsp3) is 0.417. The quantitative estimate of drug-likeness (QED) is 0.482. The van der Waals surface area contributed by atoms with Crippen LogP contribution in [0.4, 0.5) is 5.69 Å². The number of para-hydroxylation sites is 1. The first-order valence-corrected chi connectivity index (χ1v) is 10.1. The van der Waals surface area contributed by atoms with Crippen LogP contribution in [0.5, 0.6) is 5.75 Å². The second-order valence-corrected chi connectivity index (χ2v) is 8.06. The van der Waals surface area contributed by atoms with E-state index in [4.69, 9.17) is 9.47 Å². The summed E-state index contributed by atoms with van der Waals surface area (Å²) < 4.78 is 11.1. The van der Waals surface area contributed by atoms with Crippen molar-refractivity contribution in [2.75, 3.05) is 11.9 Å². The number of nitrogens with one attached hydrogen (secondary N) is 1. The van der Waals surface area contributed by atoms with E-state index in [9.17, 15) is 9.59 Å². The Labute approximate surface area is 173 Å². The van der Waals surface area contributed by atoms with Crippen molar-refractivity contribution in [2.45, 2.75) is 59.0 Å². The van der Waals surface area contributed by atoms with E-state index in [0.29, 0.717) is 23.6 Å². The van der Waals surface area contributed by atoms with Crippen molar-refractivity contribution in [1.82, 2.24) is 0 Å². The van der Waals surface area contributed by atoms with Gasteiger partial charge in [0.05, 0.1) is 12.2 Å². The van der Waals surface area contributed by atoms with Crippen LogP contribution in [0.2, 0.25) is 0 Å². The number of anilines is 1. The molecule has 0 heterocycles. The van der Waals surface area contributed by atoms with Crippen LogP contribution in [-0.4, -0.2) is 24.6 Å². The molecule has 0 aliphatic rings. The summed E-state index contributed by atoms with van der Waals surface area (Å²) in [5, 5.41) is 2.82. The zero-order valence-electron chi connectivity index (χ0n) is 18.0. The van der Waals surface area contributed by atoms with E-state index in [2.05, 4.69) is 26.1 Å². The minimum Gasteiger partial charge on any atom is -0.481 e. The second-order valence-electron chi connectivity index (χ2n) is 8.06. The van der Waals surface area contributed by atoms with Crippen LogP contribution in [-0.2, 0) is 14.9 Å². The normalized spacial score (nSPS) is 12.2. The molecule has 0 aliphatic carbocycles. The molecule has 29 heavy (non-hydrogen) atoms. The minimum absolute atomic E-state index is 0.0889. The maximum absolute atomic E-state index is 12.5. The Balaban J connectivity index is 1.97. The van der Waals surface area contributed by atoms with Gasteiger partial charge in [0.25, 0.3) is 5.91 Å². The Kier molecular flexibility index (Phi) is 7.82. The number of ether oxygens (including phenoxy) is 2. The summed E-state index contributed by atoms with van der Waals surface area (Å²) in [5.74, 6) is 0.0895. The molecule has 1 N–H and O–H groups in total. The number of hydrogen-bond acceptors (Lipinski definition) is 4. The monoisotopic (exact) mass is 397 g/mol. The predicted molar refractivity (Wildman–Crippen MR) is 115 cm³/mol. The number of carbonyl (C=O) groups is 2. The van der Waals surface area contributed by atoms with Crippen molar-refractivity contribution >= 4 is 17.6 Å². The van der Waals surface area contributed by atoms with Gasteiger partial charge in [0, 0.05) is 5.69 Å². The summed E-state index contributed by atoms with van der Waals surface area (Å²) in [5.41, 5.74) is 2.02. The van der Waals surface area contributed by atoms with Crippen molar-refractivity contribution in [3.05, 3.63) is 59.7 Å². The van der Waals surface area contributed by atoms with Gasteiger partial charge < -0.3 is 14.8 Å². The summed E-state index contributed by atoms with van der Waals surface area (Å²) in [6, 6.07) is 14.4. The summed E-state index contributed by atoms with van der Waals surface area (Å²) in [7, 11) is 0. The van der Waals surface area contributed by atoms with Gasteiger partial charge in [0.2, 0.25) is 0 Å². The fourth-order valence-corrected chi connectivity index (χ4v) is 2.76. The Morgan fingerprint density at radius 2 is 1.69 bits per heavy atom. The molecule has 2 aromatic carbocycles. The summed E-state index contributed by atoms with van der Waals surface area (Å²) in [6.45, 7) is 10.5. The highest BCUT2D eigenvalue weighted by Gasteiger charge is 2.22. The molecule has 0 bridgehead atoms. The van der Waals surface area contributed by atoms with Crippen molar-refractivity contribution < 1.29 is 19.1 Å². The van der Waals surface area contributed by atoms with Gasteiger partial charge in [-0.05, 0) is 54.7 Å². The van der Waals surface area contributed by atoms with Crippen LogP contribution < -0.4 is 10.1 Å². The van der Waals surface area contributed by atoms with Crippen molar-refractivity contribution in [3.63, 3.8) is 0 Å². The molecular weight excluding hydrogens is 366 g/mol. The topological polar surface area (TPSA) is 64.6 Å². The van der Waals surface area contributed by atoms with E-state index >= 15 is 0 Å². The third-order valence-electron chi connectivity index (χ3n) is 4.49. The average molecular weight is 398 g/mol. The number of esters is 1. The first-order valence-electron chi connectivity index (χ1n) is 10.1. The van der Waals surface area contributed by atoms with E-state index < -0.39 is 6.10 Å². The van der Waals surface area contributed by atoms with Gasteiger partial charge >= 0.3 is 5.97 Å². The van der Waals surface area contributed by atoms with E-state index in [1.807, 2.05) is 31.2 Å². The lowest BCUT2D eigenvalue weighted by atomic mass is 9.86. The lowest BCUT2D eigenvalue weighted by Crippen LogP contribution is -2.31. The molecule has 1 unspecified atom stereocenters. The number of rotatable bonds is 8. The highest BCUT2D eigenvalue weighted by atomic mass is 16.5. The average Bonchev–Trinajstić information content (AvgIpc) is 2.68. The van der Waals surface area contributed by atoms with Crippen molar-refractivity contribution in [3.8, 4) is 5.75 Å². The molecule has 0 aliphatic heterocycles. The number of carbonyl (C=O) groups excluding carboxylic acids is 2. The lowest BCUT2D eigenvalue weighted by molar-refractivity contribution is -0.122. The SMILES string of the molecule is CCCCOC(=O)c1ccc(NC(=O)C(C)Oc2ccccc2C(C)(C)C)cc1. The smallest absolute Gasteiger partial charge is 0.338 e. The molecule has 0 saturated heterocycles. The van der Waals surface area contributed by atoms with Crippen molar-refractivity contribution in [1.29, 1.82) is 0 Å². The van der Waals surface area contributed by atoms with Gasteiger partial charge in [-0.25, -0.2) is 4.79 Å². The minimum atomic E-state index is -0.669. The zero-order valence-corrected chi connectivity index (χ0v) is 18.0. The third-order valence-corrected chi connectivity index (χ3v) is 4.49. The molecular formula is C24H31NO4. The first-order chi connectivity index (χ1) is 13.7. The van der Waals surface area contributed by atoms with Crippen LogP contribution in [0.25, 0.3) is 0 Å². The number of hydrogen-bond donors (Lipinski definition) is 1. The summed E-state index contributed by atoms with van der Waals surface area (Å²) in [6.07, 6.45) is 1.15. The van der Waals surface area contributed by atoms with E-state index in [0.717, 1.165) is 18.4 Å².